The smallest absolute Gasteiger partial charge is 0.269 e. The number of amides is 2. The molecule has 3 N–H and O–H groups in total. The van der Waals surface area contributed by atoms with E-state index in [9.17, 15) is 9.59 Å². The van der Waals surface area contributed by atoms with E-state index >= 15 is 0 Å². The number of H-pyrrole nitrogens is 1. The van der Waals surface area contributed by atoms with Crippen molar-refractivity contribution in [2.45, 2.75) is 31.7 Å². The molecule has 140 valence electrons. The first-order chi connectivity index (χ1) is 12.7. The van der Waals surface area contributed by atoms with Crippen molar-refractivity contribution in [3.05, 3.63) is 41.7 Å². The SMILES string of the molecule is COCCNC(=O)c1cnc2n1C(CNC(=O)CCc1ccc[nH]1)CC2. The highest BCUT2D eigenvalue weighted by Gasteiger charge is 2.28. The zero-order valence-corrected chi connectivity index (χ0v) is 15.0. The van der Waals surface area contributed by atoms with Gasteiger partial charge in [-0.3, -0.25) is 9.59 Å². The summed E-state index contributed by atoms with van der Waals surface area (Å²) in [6.07, 6.45) is 6.27. The van der Waals surface area contributed by atoms with Gasteiger partial charge in [0.25, 0.3) is 5.91 Å². The Bertz CT molecular complexity index is 738. The van der Waals surface area contributed by atoms with Gasteiger partial charge >= 0.3 is 0 Å². The normalized spacial score (nSPS) is 15.7. The molecule has 1 aliphatic rings. The molecule has 1 aliphatic heterocycles. The van der Waals surface area contributed by atoms with Crippen molar-refractivity contribution in [3.63, 3.8) is 0 Å². The fourth-order valence-electron chi connectivity index (χ4n) is 3.23. The van der Waals surface area contributed by atoms with Gasteiger partial charge in [-0.2, -0.15) is 0 Å². The van der Waals surface area contributed by atoms with Crippen LogP contribution in [0.2, 0.25) is 0 Å². The second kappa shape index (κ2) is 8.66. The van der Waals surface area contributed by atoms with Gasteiger partial charge in [-0.25, -0.2) is 4.98 Å². The van der Waals surface area contributed by atoms with Gasteiger partial charge in [0, 0.05) is 44.9 Å². The predicted molar refractivity (Wildman–Crippen MR) is 95.9 cm³/mol. The number of carbonyl (C=O) groups excluding carboxylic acids is 2. The Morgan fingerprint density at radius 1 is 1.42 bits per heavy atom. The minimum absolute atomic E-state index is 0.0132. The number of imidazole rings is 1. The standard InChI is InChI=1S/C18H25N5O3/c1-26-10-9-20-18(25)15-12-21-16-6-5-14(23(15)16)11-22-17(24)7-4-13-3-2-8-19-13/h2-3,8,12,14,19H,4-7,9-11H2,1H3,(H,20,25)(H,22,24). The van der Waals surface area contributed by atoms with Crippen LogP contribution in [0.15, 0.2) is 24.5 Å². The molecule has 3 rings (SSSR count). The predicted octanol–water partition coefficient (Wildman–Crippen LogP) is 0.824. The summed E-state index contributed by atoms with van der Waals surface area (Å²) >= 11 is 0. The van der Waals surface area contributed by atoms with E-state index in [2.05, 4.69) is 20.6 Å². The van der Waals surface area contributed by atoms with Crippen LogP contribution in [0.4, 0.5) is 0 Å². The number of hydrogen-bond acceptors (Lipinski definition) is 4. The van der Waals surface area contributed by atoms with Crippen LogP contribution in [-0.2, 0) is 22.4 Å². The van der Waals surface area contributed by atoms with Gasteiger partial charge in [0.15, 0.2) is 0 Å². The summed E-state index contributed by atoms with van der Waals surface area (Å²) in [6.45, 7) is 1.42. The zero-order chi connectivity index (χ0) is 18.4. The average molecular weight is 359 g/mol. The number of methoxy groups -OCH3 is 1. The van der Waals surface area contributed by atoms with Crippen LogP contribution in [-0.4, -0.2) is 53.2 Å². The lowest BCUT2D eigenvalue weighted by molar-refractivity contribution is -0.121. The van der Waals surface area contributed by atoms with Gasteiger partial charge in [-0.1, -0.05) is 0 Å². The van der Waals surface area contributed by atoms with Crippen LogP contribution in [0.3, 0.4) is 0 Å². The fourth-order valence-corrected chi connectivity index (χ4v) is 3.23. The van der Waals surface area contributed by atoms with Gasteiger partial charge in [-0.05, 0) is 25.0 Å². The van der Waals surface area contributed by atoms with Gasteiger partial charge in [-0.15, -0.1) is 0 Å². The molecule has 0 fully saturated rings. The maximum atomic E-state index is 12.3. The van der Waals surface area contributed by atoms with Crippen molar-refractivity contribution in [3.8, 4) is 0 Å². The zero-order valence-electron chi connectivity index (χ0n) is 15.0. The maximum absolute atomic E-state index is 12.3. The lowest BCUT2D eigenvalue weighted by Crippen LogP contribution is -2.33. The van der Waals surface area contributed by atoms with E-state index in [4.69, 9.17) is 4.74 Å². The van der Waals surface area contributed by atoms with Crippen LogP contribution in [0.1, 0.15) is 40.9 Å². The highest BCUT2D eigenvalue weighted by atomic mass is 16.5. The molecule has 0 aromatic carbocycles. The number of nitrogens with one attached hydrogen (secondary N) is 3. The number of ether oxygens (including phenoxy) is 1. The third-order valence-electron chi connectivity index (χ3n) is 4.58. The molecule has 8 heteroatoms. The van der Waals surface area contributed by atoms with Gasteiger partial charge < -0.3 is 24.9 Å². The fraction of sp³-hybridized carbons (Fsp3) is 0.500. The molecule has 8 nitrogen and oxygen atoms in total. The average Bonchev–Trinajstić information content (AvgIpc) is 3.36. The molecule has 1 atom stereocenters. The molecule has 0 spiro atoms. The summed E-state index contributed by atoms with van der Waals surface area (Å²) in [4.78, 5) is 31.9. The van der Waals surface area contributed by atoms with Crippen LogP contribution >= 0.6 is 0 Å². The molecule has 0 aliphatic carbocycles. The Balaban J connectivity index is 1.52. The first-order valence-electron chi connectivity index (χ1n) is 8.91. The van der Waals surface area contributed by atoms with E-state index < -0.39 is 0 Å². The van der Waals surface area contributed by atoms with Crippen molar-refractivity contribution >= 4 is 11.8 Å². The van der Waals surface area contributed by atoms with Gasteiger partial charge in [0.05, 0.1) is 18.8 Å². The molecule has 0 saturated heterocycles. The molecule has 2 aromatic heterocycles. The molecule has 26 heavy (non-hydrogen) atoms. The summed E-state index contributed by atoms with van der Waals surface area (Å²) in [5.41, 5.74) is 1.59. The second-order valence-electron chi connectivity index (χ2n) is 6.37. The lowest BCUT2D eigenvalue weighted by Gasteiger charge is -2.17. The minimum atomic E-state index is -0.161. The van der Waals surface area contributed by atoms with E-state index in [0.717, 1.165) is 24.4 Å². The third-order valence-corrected chi connectivity index (χ3v) is 4.58. The third kappa shape index (κ3) is 4.32. The first-order valence-corrected chi connectivity index (χ1v) is 8.91. The Labute approximate surface area is 152 Å². The van der Waals surface area contributed by atoms with Crippen LogP contribution in [0, 0.1) is 0 Å². The molecule has 2 aromatic rings. The monoisotopic (exact) mass is 359 g/mol. The largest absolute Gasteiger partial charge is 0.383 e. The number of carbonyl (C=O) groups is 2. The van der Waals surface area contributed by atoms with E-state index in [-0.39, 0.29) is 17.9 Å². The number of aryl methyl sites for hydroxylation is 2. The van der Waals surface area contributed by atoms with Gasteiger partial charge in [0.1, 0.15) is 11.5 Å². The van der Waals surface area contributed by atoms with Crippen molar-refractivity contribution < 1.29 is 14.3 Å². The van der Waals surface area contributed by atoms with E-state index in [1.165, 1.54) is 0 Å². The van der Waals surface area contributed by atoms with Crippen molar-refractivity contribution in [1.29, 1.82) is 0 Å². The summed E-state index contributed by atoms with van der Waals surface area (Å²) in [5, 5.41) is 5.80. The Kier molecular flexibility index (Phi) is 6.06. The maximum Gasteiger partial charge on any atom is 0.269 e. The van der Waals surface area contributed by atoms with Crippen molar-refractivity contribution in [1.82, 2.24) is 25.2 Å². The molecule has 2 amide bonds. The summed E-state index contributed by atoms with van der Waals surface area (Å²) in [7, 11) is 1.59. The molecule has 0 saturated carbocycles. The number of nitrogens with zero attached hydrogens (tertiary/aromatic N) is 2. The Hall–Kier alpha value is -2.61. The van der Waals surface area contributed by atoms with Crippen molar-refractivity contribution in [2.24, 2.45) is 0 Å². The minimum Gasteiger partial charge on any atom is -0.383 e. The first kappa shape index (κ1) is 18.2. The summed E-state index contributed by atoms with van der Waals surface area (Å²) < 4.78 is 6.90. The quantitative estimate of drug-likeness (QED) is 0.577. The number of aromatic amines is 1. The van der Waals surface area contributed by atoms with Crippen LogP contribution < -0.4 is 10.6 Å². The molecule has 0 bridgehead atoms. The Morgan fingerprint density at radius 2 is 2.31 bits per heavy atom. The van der Waals surface area contributed by atoms with Gasteiger partial charge in [0.2, 0.25) is 5.91 Å². The van der Waals surface area contributed by atoms with Crippen molar-refractivity contribution in [2.75, 3.05) is 26.8 Å². The number of aromatic nitrogens is 3. The molecular formula is C18H25N5O3. The number of fused-ring (bicyclic) bond motifs is 1. The summed E-state index contributed by atoms with van der Waals surface area (Å²) in [6, 6.07) is 3.95. The molecule has 1 unspecified atom stereocenters. The molecule has 3 heterocycles. The highest BCUT2D eigenvalue weighted by Crippen LogP contribution is 2.26. The number of rotatable bonds is 9. The van der Waals surface area contributed by atoms with E-state index in [1.54, 1.807) is 13.3 Å². The van der Waals surface area contributed by atoms with E-state index in [0.29, 0.717) is 38.2 Å². The second-order valence-corrected chi connectivity index (χ2v) is 6.37. The Morgan fingerprint density at radius 3 is 3.08 bits per heavy atom. The summed E-state index contributed by atoms with van der Waals surface area (Å²) in [5.74, 6) is 0.748. The lowest BCUT2D eigenvalue weighted by atomic mass is 10.2. The number of hydrogen-bond donors (Lipinski definition) is 3. The molecule has 0 radical (unpaired) electrons. The highest BCUT2D eigenvalue weighted by molar-refractivity contribution is 5.92. The van der Waals surface area contributed by atoms with Crippen LogP contribution in [0.25, 0.3) is 0 Å². The van der Waals surface area contributed by atoms with Crippen LogP contribution in [0.5, 0.6) is 0 Å². The molecular weight excluding hydrogens is 334 g/mol. The van der Waals surface area contributed by atoms with E-state index in [1.807, 2.05) is 22.9 Å². The topological polar surface area (TPSA) is 101 Å².